The van der Waals surface area contributed by atoms with Crippen LogP contribution in [0.15, 0.2) is 0 Å². The third-order valence-electron chi connectivity index (χ3n) is 11.2. The van der Waals surface area contributed by atoms with Gasteiger partial charge in [-0.2, -0.15) is 0 Å². The van der Waals surface area contributed by atoms with Gasteiger partial charge in [-0.05, 0) is 39.5 Å². The van der Waals surface area contributed by atoms with Crippen LogP contribution in [0.2, 0.25) is 0 Å². The molecule has 12 nitrogen and oxygen atoms in total. The molecule has 0 radical (unpaired) electrons. The van der Waals surface area contributed by atoms with Crippen LogP contribution in [0.4, 0.5) is 0 Å². The molecule has 0 aliphatic heterocycles. The van der Waals surface area contributed by atoms with E-state index in [0.717, 1.165) is 38.5 Å². The zero-order valence-electron chi connectivity index (χ0n) is 44.1. The summed E-state index contributed by atoms with van der Waals surface area (Å²) in [6.45, 7) is 16.6. The summed E-state index contributed by atoms with van der Waals surface area (Å²) in [6.07, 6.45) is 33.6. The molecule has 390 valence electrons. The first-order valence-corrected chi connectivity index (χ1v) is 27.4. The molecule has 66 heavy (non-hydrogen) atoms. The lowest BCUT2D eigenvalue weighted by molar-refractivity contribution is -0.150. The molecular weight excluding hydrogens is 837 g/mol. The van der Waals surface area contributed by atoms with Gasteiger partial charge in [-0.3, -0.25) is 19.2 Å². The zero-order valence-corrected chi connectivity index (χ0v) is 44.1. The predicted octanol–water partition coefficient (Wildman–Crippen LogP) is 13.5. The van der Waals surface area contributed by atoms with Crippen molar-refractivity contribution >= 4 is 35.7 Å². The Hall–Kier alpha value is -3.18. The summed E-state index contributed by atoms with van der Waals surface area (Å²) >= 11 is 0. The van der Waals surface area contributed by atoms with E-state index in [-0.39, 0.29) is 58.3 Å². The maximum atomic E-state index is 13.2. The fraction of sp³-hybridized carbons (Fsp3) is 0.889. The minimum Gasteiger partial charge on any atom is -0.466 e. The predicted molar refractivity (Wildman–Crippen MR) is 270 cm³/mol. The molecule has 0 saturated heterocycles. The van der Waals surface area contributed by atoms with E-state index in [1.807, 2.05) is 27.7 Å². The normalized spacial score (nSPS) is 11.5. The largest absolute Gasteiger partial charge is 0.466 e. The van der Waals surface area contributed by atoms with Crippen LogP contribution in [0.25, 0.3) is 0 Å². The first-order valence-electron chi connectivity index (χ1n) is 27.4. The summed E-state index contributed by atoms with van der Waals surface area (Å²) in [7, 11) is 0. The van der Waals surface area contributed by atoms with Crippen molar-refractivity contribution in [3.63, 3.8) is 0 Å². The SMILES string of the molecule is CC.CC.CCCCCCCCCCCCCCCCOC(=O)CCC(NC(=O)CCC(=O)NC(CCC(=O)OCC)C(=O)OCC)C(=O)OCCCCCCCCCCCCCCCC. The highest BCUT2D eigenvalue weighted by Gasteiger charge is 2.26. The van der Waals surface area contributed by atoms with E-state index in [2.05, 4.69) is 24.5 Å². The molecule has 0 aliphatic rings. The number of amides is 2. The Morgan fingerprint density at radius 3 is 0.924 bits per heavy atom. The Kier molecular flexibility index (Phi) is 55.3. The van der Waals surface area contributed by atoms with Gasteiger partial charge in [-0.1, -0.05) is 208 Å². The third kappa shape index (κ3) is 47.3. The van der Waals surface area contributed by atoms with Crippen LogP contribution >= 0.6 is 0 Å². The molecule has 2 amide bonds. The highest BCUT2D eigenvalue weighted by Crippen LogP contribution is 2.15. The van der Waals surface area contributed by atoms with Gasteiger partial charge in [-0.25, -0.2) is 9.59 Å². The van der Waals surface area contributed by atoms with Crippen LogP contribution in [0.1, 0.15) is 274 Å². The number of hydrogen-bond donors (Lipinski definition) is 2. The Bertz CT molecular complexity index is 1130. The summed E-state index contributed by atoms with van der Waals surface area (Å²) in [5.41, 5.74) is 0. The molecule has 0 bridgehead atoms. The molecule has 12 heteroatoms. The average Bonchev–Trinajstić information content (AvgIpc) is 3.32. The van der Waals surface area contributed by atoms with Crippen LogP contribution in [0, 0.1) is 0 Å². The standard InChI is InChI=1S/C50H92N2O10.2C2H6/c1-5-9-11-13-15-17-19-21-23-25-27-29-31-33-41-61-48(56)40-36-44(50(58)62-42-34-32-30-28-26-24-22-20-18-16-14-12-10-6-2)52-46(54)38-37-45(53)51-43(49(57)60-8-4)35-39-47(55)59-7-3;2*1-2/h43-44H,5-42H2,1-4H3,(H,51,53)(H,52,54);2*1-2H3. The Morgan fingerprint density at radius 2 is 0.606 bits per heavy atom. The molecule has 0 aromatic heterocycles. The maximum absolute atomic E-state index is 13.2. The number of unbranched alkanes of at least 4 members (excludes halogenated alkanes) is 26. The lowest BCUT2D eigenvalue weighted by atomic mass is 10.0. The fourth-order valence-electron chi connectivity index (χ4n) is 7.38. The quantitative estimate of drug-likeness (QED) is 0.0341. The number of carbonyl (C=O) groups is 6. The lowest BCUT2D eigenvalue weighted by Gasteiger charge is -2.18. The van der Waals surface area contributed by atoms with Gasteiger partial charge in [0.05, 0.1) is 26.4 Å². The molecule has 0 fully saturated rings. The van der Waals surface area contributed by atoms with Gasteiger partial charge >= 0.3 is 23.9 Å². The molecule has 0 spiro atoms. The van der Waals surface area contributed by atoms with Gasteiger partial charge < -0.3 is 29.6 Å². The molecular formula is C54H104N2O10. The highest BCUT2D eigenvalue weighted by molar-refractivity contribution is 5.89. The third-order valence-corrected chi connectivity index (χ3v) is 11.2. The average molecular weight is 941 g/mol. The van der Waals surface area contributed by atoms with Gasteiger partial charge in [-0.15, -0.1) is 0 Å². The fourth-order valence-corrected chi connectivity index (χ4v) is 7.38. The first-order chi connectivity index (χ1) is 32.2. The summed E-state index contributed by atoms with van der Waals surface area (Å²) in [4.78, 5) is 75.8. The van der Waals surface area contributed by atoms with Crippen molar-refractivity contribution in [3.8, 4) is 0 Å². The van der Waals surface area contributed by atoms with Crippen molar-refractivity contribution in [2.45, 2.75) is 286 Å². The second kappa shape index (κ2) is 54.4. The van der Waals surface area contributed by atoms with Crippen molar-refractivity contribution < 1.29 is 47.7 Å². The molecule has 0 heterocycles. The Morgan fingerprint density at radius 1 is 0.333 bits per heavy atom. The Labute approximate surface area is 405 Å². The maximum Gasteiger partial charge on any atom is 0.328 e. The number of ether oxygens (including phenoxy) is 4. The summed E-state index contributed by atoms with van der Waals surface area (Å²) in [5.74, 6) is -3.42. The smallest absolute Gasteiger partial charge is 0.328 e. The molecule has 2 N–H and O–H groups in total. The van der Waals surface area contributed by atoms with E-state index in [0.29, 0.717) is 13.0 Å². The summed E-state index contributed by atoms with van der Waals surface area (Å²) in [6, 6.07) is -2.16. The van der Waals surface area contributed by atoms with Gasteiger partial charge in [0, 0.05) is 25.7 Å². The second-order valence-corrected chi connectivity index (χ2v) is 17.0. The lowest BCUT2D eigenvalue weighted by Crippen LogP contribution is -2.44. The van der Waals surface area contributed by atoms with Crippen LogP contribution in [0.5, 0.6) is 0 Å². The number of rotatable bonds is 45. The van der Waals surface area contributed by atoms with Crippen molar-refractivity contribution in [1.29, 1.82) is 0 Å². The van der Waals surface area contributed by atoms with E-state index in [9.17, 15) is 28.8 Å². The molecule has 0 aromatic carbocycles. The summed E-state index contributed by atoms with van der Waals surface area (Å²) < 4.78 is 21.0. The first kappa shape index (κ1) is 67.1. The number of hydrogen-bond acceptors (Lipinski definition) is 10. The van der Waals surface area contributed by atoms with Crippen LogP contribution < -0.4 is 10.6 Å². The summed E-state index contributed by atoms with van der Waals surface area (Å²) in [5, 5.41) is 5.19. The highest BCUT2D eigenvalue weighted by atomic mass is 16.5. The van der Waals surface area contributed by atoms with E-state index < -0.39 is 47.8 Å². The van der Waals surface area contributed by atoms with E-state index in [1.54, 1.807) is 13.8 Å². The Balaban J connectivity index is -0.00000963. The number of carbonyl (C=O) groups excluding carboxylic acids is 6. The van der Waals surface area contributed by atoms with E-state index in [4.69, 9.17) is 18.9 Å². The van der Waals surface area contributed by atoms with Gasteiger partial charge in [0.1, 0.15) is 12.1 Å². The molecule has 2 unspecified atom stereocenters. The van der Waals surface area contributed by atoms with E-state index in [1.165, 1.54) is 135 Å². The van der Waals surface area contributed by atoms with Gasteiger partial charge in [0.25, 0.3) is 0 Å². The van der Waals surface area contributed by atoms with Crippen LogP contribution in [-0.4, -0.2) is 74.2 Å². The minimum absolute atomic E-state index is 0.00583. The molecule has 0 aromatic rings. The molecule has 2 atom stereocenters. The van der Waals surface area contributed by atoms with Crippen molar-refractivity contribution in [2.75, 3.05) is 26.4 Å². The minimum atomic E-state index is -1.08. The monoisotopic (exact) mass is 941 g/mol. The molecule has 0 aliphatic carbocycles. The van der Waals surface area contributed by atoms with Crippen LogP contribution in [-0.2, 0) is 47.7 Å². The van der Waals surface area contributed by atoms with Crippen molar-refractivity contribution in [1.82, 2.24) is 10.6 Å². The molecule has 0 saturated carbocycles. The van der Waals surface area contributed by atoms with Crippen molar-refractivity contribution in [3.05, 3.63) is 0 Å². The van der Waals surface area contributed by atoms with Crippen molar-refractivity contribution in [2.24, 2.45) is 0 Å². The van der Waals surface area contributed by atoms with Gasteiger partial charge in [0.2, 0.25) is 11.8 Å². The number of esters is 4. The molecule has 0 rings (SSSR count). The van der Waals surface area contributed by atoms with Crippen LogP contribution in [0.3, 0.4) is 0 Å². The van der Waals surface area contributed by atoms with E-state index >= 15 is 0 Å². The van der Waals surface area contributed by atoms with Gasteiger partial charge in [0.15, 0.2) is 0 Å². The number of nitrogens with one attached hydrogen (secondary N) is 2. The topological polar surface area (TPSA) is 163 Å². The zero-order chi connectivity index (χ0) is 49.7. The second-order valence-electron chi connectivity index (χ2n) is 17.0.